The fourth-order valence-corrected chi connectivity index (χ4v) is 3.99. The van der Waals surface area contributed by atoms with E-state index in [2.05, 4.69) is 30.7 Å². The van der Waals surface area contributed by atoms with E-state index >= 15 is 0 Å². The van der Waals surface area contributed by atoms with Crippen LogP contribution >= 0.6 is 11.3 Å². The quantitative estimate of drug-likeness (QED) is 0.746. The van der Waals surface area contributed by atoms with Crippen molar-refractivity contribution < 1.29 is 4.39 Å². The summed E-state index contributed by atoms with van der Waals surface area (Å²) < 4.78 is 15.9. The Morgan fingerprint density at radius 2 is 2.25 bits per heavy atom. The van der Waals surface area contributed by atoms with Crippen LogP contribution in [0.3, 0.4) is 0 Å². The molecule has 0 aliphatic carbocycles. The minimum atomic E-state index is -0.742. The maximum absolute atomic E-state index is 13.9. The Labute approximate surface area is 144 Å². The predicted octanol–water partition coefficient (Wildman–Crippen LogP) is 2.49. The normalized spacial score (nSPS) is 21.7. The molecule has 7 heteroatoms. The third-order valence-corrected chi connectivity index (χ3v) is 5.26. The van der Waals surface area contributed by atoms with Gasteiger partial charge in [-0.15, -0.1) is 11.3 Å². The maximum Gasteiger partial charge on any atom is 0.136 e. The molecule has 3 aromatic heterocycles. The van der Waals surface area contributed by atoms with Crippen LogP contribution in [0.1, 0.15) is 17.1 Å². The molecule has 0 amide bonds. The molecule has 24 heavy (non-hydrogen) atoms. The number of likely N-dealkylation sites (tertiary alicyclic amines) is 1. The molecule has 4 heterocycles. The summed E-state index contributed by atoms with van der Waals surface area (Å²) >= 11 is 1.63. The van der Waals surface area contributed by atoms with Crippen LogP contribution in [0.2, 0.25) is 0 Å². The van der Waals surface area contributed by atoms with E-state index in [1.165, 1.54) is 0 Å². The highest BCUT2D eigenvalue weighted by Gasteiger charge is 2.32. The summed E-state index contributed by atoms with van der Waals surface area (Å²) in [7, 11) is 0. The van der Waals surface area contributed by atoms with Crippen molar-refractivity contribution >= 4 is 17.0 Å². The summed E-state index contributed by atoms with van der Waals surface area (Å²) in [5.74, 6) is 0. The summed E-state index contributed by atoms with van der Waals surface area (Å²) in [5.41, 5.74) is 2.11. The summed E-state index contributed by atoms with van der Waals surface area (Å²) in [4.78, 5) is 10.8. The van der Waals surface area contributed by atoms with Crippen molar-refractivity contribution in [2.75, 3.05) is 13.1 Å². The number of alkyl halides is 1. The van der Waals surface area contributed by atoms with Gasteiger partial charge in [0.25, 0.3) is 0 Å². The number of pyridine rings is 1. The van der Waals surface area contributed by atoms with Crippen LogP contribution in [0.15, 0.2) is 42.2 Å². The van der Waals surface area contributed by atoms with Crippen LogP contribution in [-0.2, 0) is 13.1 Å². The maximum atomic E-state index is 13.9. The average Bonchev–Trinajstić information content (AvgIpc) is 3.30. The molecule has 0 unspecified atom stereocenters. The SMILES string of the molecule is F[C@H]1C[C@@H](CNCc2cccc3nccn23)N(Cc2nccs2)C1. The Kier molecular flexibility index (Phi) is 4.55. The van der Waals surface area contributed by atoms with Crippen LogP contribution in [-0.4, -0.2) is 44.6 Å². The molecule has 2 atom stereocenters. The molecule has 126 valence electrons. The average molecular weight is 345 g/mol. The van der Waals surface area contributed by atoms with Gasteiger partial charge in [0.05, 0.1) is 6.54 Å². The second kappa shape index (κ2) is 6.96. The van der Waals surface area contributed by atoms with Gasteiger partial charge in [-0.1, -0.05) is 6.07 Å². The number of fused-ring (bicyclic) bond motifs is 1. The van der Waals surface area contributed by atoms with E-state index in [-0.39, 0.29) is 6.04 Å². The molecular formula is C17H20FN5S. The van der Waals surface area contributed by atoms with Crippen LogP contribution in [0.25, 0.3) is 5.65 Å². The molecule has 0 spiro atoms. The third-order valence-electron chi connectivity index (χ3n) is 4.50. The molecule has 1 fully saturated rings. The van der Waals surface area contributed by atoms with Crippen molar-refractivity contribution in [2.24, 2.45) is 0 Å². The number of hydrogen-bond acceptors (Lipinski definition) is 5. The van der Waals surface area contributed by atoms with E-state index in [0.29, 0.717) is 13.0 Å². The zero-order chi connectivity index (χ0) is 16.4. The lowest BCUT2D eigenvalue weighted by molar-refractivity contribution is 0.229. The predicted molar refractivity (Wildman–Crippen MR) is 92.7 cm³/mol. The van der Waals surface area contributed by atoms with Gasteiger partial charge in [0, 0.05) is 55.3 Å². The first-order valence-electron chi connectivity index (χ1n) is 8.18. The number of aromatic nitrogens is 3. The highest BCUT2D eigenvalue weighted by atomic mass is 32.1. The molecule has 3 aromatic rings. The summed E-state index contributed by atoms with van der Waals surface area (Å²) in [6, 6.07) is 6.30. The Balaban J connectivity index is 1.36. The smallest absolute Gasteiger partial charge is 0.136 e. The number of halogens is 1. The molecule has 0 aromatic carbocycles. The van der Waals surface area contributed by atoms with Gasteiger partial charge in [0.2, 0.25) is 0 Å². The van der Waals surface area contributed by atoms with Crippen LogP contribution in [0.4, 0.5) is 4.39 Å². The van der Waals surface area contributed by atoms with Crippen molar-refractivity contribution in [3.8, 4) is 0 Å². The molecular weight excluding hydrogens is 325 g/mol. The molecule has 0 saturated carbocycles. The Morgan fingerprint density at radius 1 is 1.29 bits per heavy atom. The van der Waals surface area contributed by atoms with Gasteiger partial charge in [-0.05, 0) is 18.6 Å². The van der Waals surface area contributed by atoms with Gasteiger partial charge in [0.1, 0.15) is 16.8 Å². The second-order valence-corrected chi connectivity index (χ2v) is 7.12. The van der Waals surface area contributed by atoms with E-state index in [1.807, 2.05) is 29.9 Å². The lowest BCUT2D eigenvalue weighted by Crippen LogP contribution is -2.37. The first-order valence-corrected chi connectivity index (χ1v) is 9.06. The molecule has 0 bridgehead atoms. The highest BCUT2D eigenvalue weighted by molar-refractivity contribution is 7.09. The summed E-state index contributed by atoms with van der Waals surface area (Å²) in [6.07, 6.45) is 5.43. The Hall–Kier alpha value is -1.83. The monoisotopic (exact) mass is 345 g/mol. The zero-order valence-corrected chi connectivity index (χ0v) is 14.1. The molecule has 1 N–H and O–H groups in total. The van der Waals surface area contributed by atoms with Crippen molar-refractivity contribution in [3.63, 3.8) is 0 Å². The molecule has 5 nitrogen and oxygen atoms in total. The van der Waals surface area contributed by atoms with Gasteiger partial charge in [-0.2, -0.15) is 0 Å². The van der Waals surface area contributed by atoms with Gasteiger partial charge >= 0.3 is 0 Å². The van der Waals surface area contributed by atoms with Crippen LogP contribution in [0.5, 0.6) is 0 Å². The molecule has 1 saturated heterocycles. The van der Waals surface area contributed by atoms with E-state index in [0.717, 1.165) is 36.0 Å². The minimum absolute atomic E-state index is 0.214. The Bertz CT molecular complexity index is 787. The highest BCUT2D eigenvalue weighted by Crippen LogP contribution is 2.23. The number of nitrogens with one attached hydrogen (secondary N) is 1. The number of hydrogen-bond donors (Lipinski definition) is 1. The second-order valence-electron chi connectivity index (χ2n) is 6.15. The molecule has 1 aliphatic heterocycles. The van der Waals surface area contributed by atoms with E-state index < -0.39 is 6.17 Å². The third kappa shape index (κ3) is 3.33. The fourth-order valence-electron chi connectivity index (χ4n) is 3.35. The summed E-state index contributed by atoms with van der Waals surface area (Å²) in [5, 5.41) is 6.50. The molecule has 0 radical (unpaired) electrons. The standard InChI is InChI=1S/C17H20FN5S/c18-13-8-15(22(11-13)12-17-21-5-7-24-17)10-19-9-14-2-1-3-16-20-4-6-23(14)16/h1-7,13,15,19H,8-12H2/t13-,15-/m0/s1. The lowest BCUT2D eigenvalue weighted by atomic mass is 10.2. The number of rotatable bonds is 6. The van der Waals surface area contributed by atoms with Gasteiger partial charge in [-0.3, -0.25) is 4.90 Å². The first kappa shape index (κ1) is 15.7. The Morgan fingerprint density at radius 3 is 3.12 bits per heavy atom. The van der Waals surface area contributed by atoms with Gasteiger partial charge in [0.15, 0.2) is 0 Å². The molecule has 4 rings (SSSR count). The van der Waals surface area contributed by atoms with Crippen molar-refractivity contribution in [1.82, 2.24) is 24.6 Å². The summed E-state index contributed by atoms with van der Waals surface area (Å²) in [6.45, 7) is 2.76. The first-order chi connectivity index (χ1) is 11.8. The van der Waals surface area contributed by atoms with Crippen molar-refractivity contribution in [3.05, 3.63) is 52.9 Å². The lowest BCUT2D eigenvalue weighted by Gasteiger charge is -2.23. The van der Waals surface area contributed by atoms with Crippen LogP contribution in [0, 0.1) is 0 Å². The molecule has 1 aliphatic rings. The van der Waals surface area contributed by atoms with Gasteiger partial charge < -0.3 is 9.72 Å². The largest absolute Gasteiger partial charge is 0.310 e. The number of thiazole rings is 1. The minimum Gasteiger partial charge on any atom is -0.310 e. The van der Waals surface area contributed by atoms with E-state index in [1.54, 1.807) is 17.5 Å². The van der Waals surface area contributed by atoms with Crippen molar-refractivity contribution in [2.45, 2.75) is 31.7 Å². The van der Waals surface area contributed by atoms with Gasteiger partial charge in [-0.25, -0.2) is 14.4 Å². The number of nitrogens with zero attached hydrogens (tertiary/aromatic N) is 4. The zero-order valence-electron chi connectivity index (χ0n) is 13.3. The van der Waals surface area contributed by atoms with E-state index in [4.69, 9.17) is 0 Å². The fraction of sp³-hybridized carbons (Fsp3) is 0.412. The van der Waals surface area contributed by atoms with Crippen molar-refractivity contribution in [1.29, 1.82) is 0 Å². The van der Waals surface area contributed by atoms with Crippen LogP contribution < -0.4 is 5.32 Å². The number of imidazole rings is 1. The topological polar surface area (TPSA) is 45.5 Å². The van der Waals surface area contributed by atoms with E-state index in [9.17, 15) is 4.39 Å².